The van der Waals surface area contributed by atoms with Gasteiger partial charge in [0.05, 0.1) is 0 Å². The number of unbranched alkanes of at least 4 members (excludes halogenated alkanes) is 9. The van der Waals surface area contributed by atoms with E-state index in [-0.39, 0.29) is 6.42 Å². The number of aryl methyl sites for hydroxylation is 1. The monoisotopic (exact) mass is 394 g/mol. The highest BCUT2D eigenvalue weighted by molar-refractivity contribution is 6.63. The Hall–Kier alpha value is -1.32. The predicted molar refractivity (Wildman–Crippen MR) is 113 cm³/mol. The van der Waals surface area contributed by atoms with Crippen molar-refractivity contribution in [3.63, 3.8) is 0 Å². The Balaban J connectivity index is 2.10. The molecule has 0 saturated heterocycles. The van der Waals surface area contributed by atoms with E-state index >= 15 is 0 Å². The third kappa shape index (κ3) is 13.5. The average molecular weight is 395 g/mol. The van der Waals surface area contributed by atoms with Gasteiger partial charge in [0, 0.05) is 6.42 Å². The molecule has 1 unspecified atom stereocenters. The van der Waals surface area contributed by atoms with E-state index in [1.165, 1.54) is 81.9 Å². The Kier molecular flexibility index (Phi) is 13.8. The Morgan fingerprint density at radius 2 is 1.56 bits per heavy atom. The summed E-state index contributed by atoms with van der Waals surface area (Å²) in [6, 6.07) is 7.83. The molecule has 0 saturated carbocycles. The first-order valence-corrected chi connectivity index (χ1v) is 10.8. The second-order valence-corrected chi connectivity index (χ2v) is 7.49. The zero-order valence-corrected chi connectivity index (χ0v) is 17.4. The predicted octanol–water partition coefficient (Wildman–Crippen LogP) is 6.56. The highest BCUT2D eigenvalue weighted by atomic mass is 35.5. The number of carbonyl (C=O) groups excluding carboxylic acids is 1. The van der Waals surface area contributed by atoms with Gasteiger partial charge in [-0.1, -0.05) is 82.9 Å². The van der Waals surface area contributed by atoms with E-state index in [1.807, 2.05) is 24.3 Å². The molecule has 0 aliphatic heterocycles. The van der Waals surface area contributed by atoms with Crippen LogP contribution >= 0.6 is 11.6 Å². The zero-order chi connectivity index (χ0) is 19.7. The molecule has 0 aliphatic rings. The number of hydrogen-bond donors (Lipinski definition) is 1. The van der Waals surface area contributed by atoms with Crippen molar-refractivity contribution in [3.8, 4) is 5.75 Å². The smallest absolute Gasteiger partial charge is 0.225 e. The van der Waals surface area contributed by atoms with Crippen molar-refractivity contribution < 1.29 is 14.6 Å². The molecular formula is C23H35ClO3. The average Bonchev–Trinajstić information content (AvgIpc) is 2.64. The number of hydrogen-bond acceptors (Lipinski definition) is 3. The summed E-state index contributed by atoms with van der Waals surface area (Å²) >= 11 is 5.23. The summed E-state index contributed by atoms with van der Waals surface area (Å²) in [7, 11) is 0. The Bertz CT molecular complexity index is 525. The van der Waals surface area contributed by atoms with Crippen molar-refractivity contribution >= 4 is 16.8 Å². The zero-order valence-electron chi connectivity index (χ0n) is 16.7. The summed E-state index contributed by atoms with van der Waals surface area (Å²) in [5.41, 5.74) is 1.29. The van der Waals surface area contributed by atoms with Crippen molar-refractivity contribution in [2.24, 2.45) is 0 Å². The normalized spacial score (nSPS) is 12.4. The molecule has 0 radical (unpaired) electrons. The van der Waals surface area contributed by atoms with Crippen LogP contribution in [-0.2, 0) is 11.2 Å². The summed E-state index contributed by atoms with van der Waals surface area (Å²) < 4.78 is 5.37. The van der Waals surface area contributed by atoms with Crippen LogP contribution in [-0.4, -0.2) is 16.6 Å². The van der Waals surface area contributed by atoms with Crippen LogP contribution in [0.25, 0.3) is 0 Å². The van der Waals surface area contributed by atoms with Crippen molar-refractivity contribution in [2.45, 2.75) is 90.3 Å². The summed E-state index contributed by atoms with van der Waals surface area (Å²) in [5.74, 6) is 0.608. The van der Waals surface area contributed by atoms with E-state index in [0.717, 1.165) is 6.42 Å². The first kappa shape index (κ1) is 23.7. The second kappa shape index (κ2) is 15.7. The second-order valence-electron chi connectivity index (χ2n) is 7.07. The van der Waals surface area contributed by atoms with Crippen molar-refractivity contribution in [2.75, 3.05) is 0 Å². The van der Waals surface area contributed by atoms with E-state index in [0.29, 0.717) is 5.75 Å². The number of aliphatic hydroxyl groups excluding tert-OH is 1. The summed E-state index contributed by atoms with van der Waals surface area (Å²) in [4.78, 5) is 10.6. The van der Waals surface area contributed by atoms with Crippen LogP contribution in [0.4, 0.5) is 0 Å². The number of aliphatic hydroxyl groups is 1. The van der Waals surface area contributed by atoms with E-state index in [2.05, 4.69) is 6.92 Å². The molecule has 3 nitrogen and oxygen atoms in total. The van der Waals surface area contributed by atoms with Crippen LogP contribution in [0, 0.1) is 0 Å². The molecule has 1 atom stereocenters. The largest absolute Gasteiger partial charge is 0.461 e. The third-order valence-corrected chi connectivity index (χ3v) is 4.73. The lowest BCUT2D eigenvalue weighted by atomic mass is 10.0. The minimum Gasteiger partial charge on any atom is -0.461 e. The molecule has 27 heavy (non-hydrogen) atoms. The molecule has 1 aromatic carbocycles. The van der Waals surface area contributed by atoms with Gasteiger partial charge in [0.2, 0.25) is 11.5 Å². The van der Waals surface area contributed by atoms with Gasteiger partial charge in [0.25, 0.3) is 0 Å². The van der Waals surface area contributed by atoms with Gasteiger partial charge < -0.3 is 9.84 Å². The summed E-state index contributed by atoms with van der Waals surface area (Å²) in [5, 5.41) is 9.26. The molecule has 152 valence electrons. The number of halogens is 1. The van der Waals surface area contributed by atoms with Crippen molar-refractivity contribution in [3.05, 3.63) is 42.0 Å². The van der Waals surface area contributed by atoms with Gasteiger partial charge in [-0.25, -0.2) is 0 Å². The summed E-state index contributed by atoms with van der Waals surface area (Å²) in [6.45, 7) is 2.26. The topological polar surface area (TPSA) is 46.5 Å². The Morgan fingerprint density at radius 1 is 1.00 bits per heavy atom. The molecule has 1 aromatic rings. The van der Waals surface area contributed by atoms with E-state index in [9.17, 15) is 9.90 Å². The molecule has 1 rings (SSSR count). The third-order valence-electron chi connectivity index (χ3n) is 4.58. The Morgan fingerprint density at radius 3 is 2.11 bits per heavy atom. The quantitative estimate of drug-likeness (QED) is 0.149. The minimum absolute atomic E-state index is 0.0831. The molecule has 0 spiro atoms. The van der Waals surface area contributed by atoms with E-state index in [4.69, 9.17) is 16.3 Å². The maximum absolute atomic E-state index is 10.6. The standard InChI is InChI=1S/C23H35ClO3/c1-2-3-4-5-6-7-8-9-10-11-13-20-16-18-21(19-17-20)27-23(26)15-12-14-22(24)25/h12,15-19,23,26H,2-11,13-14H2,1H3. The molecular weight excluding hydrogens is 360 g/mol. The highest BCUT2D eigenvalue weighted by Gasteiger charge is 2.02. The van der Waals surface area contributed by atoms with Gasteiger partial charge in [-0.3, -0.25) is 4.79 Å². The van der Waals surface area contributed by atoms with E-state index < -0.39 is 11.5 Å². The van der Waals surface area contributed by atoms with Crippen LogP contribution in [0.15, 0.2) is 36.4 Å². The molecule has 0 bridgehead atoms. The number of allylic oxidation sites excluding steroid dienone is 1. The van der Waals surface area contributed by atoms with Crippen LogP contribution in [0.2, 0.25) is 0 Å². The number of carbonyl (C=O) groups is 1. The first-order chi connectivity index (χ1) is 13.1. The van der Waals surface area contributed by atoms with Gasteiger partial charge in [-0.15, -0.1) is 0 Å². The molecule has 0 aliphatic carbocycles. The molecule has 0 heterocycles. The number of benzene rings is 1. The summed E-state index contributed by atoms with van der Waals surface area (Å²) in [6.07, 6.45) is 16.5. The van der Waals surface area contributed by atoms with Crippen LogP contribution in [0.1, 0.15) is 83.1 Å². The SMILES string of the molecule is CCCCCCCCCCCCc1ccc(OC(O)C=CCC(=O)Cl)cc1. The molecule has 0 fully saturated rings. The maximum atomic E-state index is 10.6. The fourth-order valence-electron chi connectivity index (χ4n) is 3.01. The lowest BCUT2D eigenvalue weighted by Gasteiger charge is -2.10. The van der Waals surface area contributed by atoms with Crippen LogP contribution < -0.4 is 4.74 Å². The number of ether oxygens (including phenoxy) is 1. The maximum Gasteiger partial charge on any atom is 0.225 e. The van der Waals surface area contributed by atoms with Crippen molar-refractivity contribution in [1.82, 2.24) is 0 Å². The number of rotatable bonds is 16. The first-order valence-electron chi connectivity index (χ1n) is 10.4. The van der Waals surface area contributed by atoms with Gasteiger partial charge in [0.1, 0.15) is 5.75 Å². The van der Waals surface area contributed by atoms with Crippen LogP contribution in [0.3, 0.4) is 0 Å². The lowest BCUT2D eigenvalue weighted by molar-refractivity contribution is -0.110. The van der Waals surface area contributed by atoms with Gasteiger partial charge in [-0.05, 0) is 48.2 Å². The molecule has 4 heteroatoms. The van der Waals surface area contributed by atoms with Gasteiger partial charge in [-0.2, -0.15) is 0 Å². The van der Waals surface area contributed by atoms with Crippen molar-refractivity contribution in [1.29, 1.82) is 0 Å². The van der Waals surface area contributed by atoms with Crippen LogP contribution in [0.5, 0.6) is 5.75 Å². The molecule has 0 amide bonds. The van der Waals surface area contributed by atoms with E-state index in [1.54, 1.807) is 0 Å². The fourth-order valence-corrected chi connectivity index (χ4v) is 3.10. The molecule has 0 aromatic heterocycles. The Labute approximate surface area is 169 Å². The fraction of sp³-hybridized carbons (Fsp3) is 0.609. The lowest BCUT2D eigenvalue weighted by Crippen LogP contribution is -2.11. The molecule has 1 N–H and O–H groups in total. The van der Waals surface area contributed by atoms with Gasteiger partial charge in [0.15, 0.2) is 0 Å². The highest BCUT2D eigenvalue weighted by Crippen LogP contribution is 2.16. The minimum atomic E-state index is -1.08. The van der Waals surface area contributed by atoms with Gasteiger partial charge >= 0.3 is 0 Å².